The second-order valence-electron chi connectivity index (χ2n) is 4.78. The second kappa shape index (κ2) is 5.95. The van der Waals surface area contributed by atoms with E-state index in [-0.39, 0.29) is 17.7 Å². The Bertz CT molecular complexity index is 487. The van der Waals surface area contributed by atoms with Crippen LogP contribution in [-0.4, -0.2) is 42.0 Å². The highest BCUT2D eigenvalue weighted by Gasteiger charge is 2.24. The molecule has 1 heterocycles. The smallest absolute Gasteiger partial charge is 0.251 e. The van der Waals surface area contributed by atoms with E-state index in [1.54, 1.807) is 24.3 Å². The number of hydrogen-bond donors (Lipinski definition) is 3. The molecule has 1 aliphatic heterocycles. The first kappa shape index (κ1) is 13.7. The summed E-state index contributed by atoms with van der Waals surface area (Å²) in [5.74, 6) is -0.328. The van der Waals surface area contributed by atoms with E-state index in [9.17, 15) is 14.7 Å². The molecule has 1 saturated heterocycles. The quantitative estimate of drug-likeness (QED) is 0.686. The van der Waals surface area contributed by atoms with Crippen molar-refractivity contribution in [2.45, 2.75) is 25.5 Å². The van der Waals surface area contributed by atoms with Crippen LogP contribution in [0.3, 0.4) is 0 Å². The zero-order valence-electron chi connectivity index (χ0n) is 10.8. The van der Waals surface area contributed by atoms with Crippen LogP contribution in [0, 0.1) is 0 Å². The van der Waals surface area contributed by atoms with Crippen LogP contribution in [0.2, 0.25) is 0 Å². The summed E-state index contributed by atoms with van der Waals surface area (Å²) in [5, 5.41) is 15.6. The molecule has 5 heteroatoms. The number of benzene rings is 1. The van der Waals surface area contributed by atoms with E-state index < -0.39 is 6.10 Å². The molecule has 0 unspecified atom stereocenters. The third-order valence-electron chi connectivity index (χ3n) is 3.30. The number of aliphatic hydroxyl groups excluding tert-OH is 1. The Morgan fingerprint density at radius 2 is 2.11 bits per heavy atom. The molecule has 1 fully saturated rings. The van der Waals surface area contributed by atoms with Gasteiger partial charge in [0.1, 0.15) is 0 Å². The highest BCUT2D eigenvalue weighted by Crippen LogP contribution is 2.09. The molecule has 19 heavy (non-hydrogen) atoms. The Hall–Kier alpha value is -1.72. The van der Waals surface area contributed by atoms with Gasteiger partial charge in [0.25, 0.3) is 5.91 Å². The van der Waals surface area contributed by atoms with Gasteiger partial charge in [-0.25, -0.2) is 0 Å². The third-order valence-corrected chi connectivity index (χ3v) is 3.30. The number of carbonyl (C=O) groups is 2. The van der Waals surface area contributed by atoms with Crippen LogP contribution in [0.1, 0.15) is 34.1 Å². The molecule has 102 valence electrons. The monoisotopic (exact) mass is 262 g/mol. The van der Waals surface area contributed by atoms with E-state index in [1.165, 1.54) is 6.92 Å². The SMILES string of the molecule is CC(=O)c1cccc(C(=O)N[C@@H]2CCNC[C@H]2O)c1. The molecule has 5 nitrogen and oxygen atoms in total. The Labute approximate surface area is 112 Å². The maximum absolute atomic E-state index is 12.1. The van der Waals surface area contributed by atoms with Crippen molar-refractivity contribution in [1.29, 1.82) is 0 Å². The number of piperidine rings is 1. The van der Waals surface area contributed by atoms with Crippen molar-refractivity contribution >= 4 is 11.7 Å². The van der Waals surface area contributed by atoms with Crippen LogP contribution in [0.15, 0.2) is 24.3 Å². The molecule has 0 saturated carbocycles. The molecule has 1 aromatic carbocycles. The summed E-state index contributed by atoms with van der Waals surface area (Å²) in [6.07, 6.45) is 0.118. The van der Waals surface area contributed by atoms with Gasteiger partial charge >= 0.3 is 0 Å². The van der Waals surface area contributed by atoms with E-state index in [1.807, 2.05) is 0 Å². The van der Waals surface area contributed by atoms with E-state index in [0.717, 1.165) is 6.54 Å². The topological polar surface area (TPSA) is 78.4 Å². The van der Waals surface area contributed by atoms with E-state index in [2.05, 4.69) is 10.6 Å². The summed E-state index contributed by atoms with van der Waals surface area (Å²) in [5.41, 5.74) is 0.956. The number of aliphatic hydroxyl groups is 1. The van der Waals surface area contributed by atoms with Crippen molar-refractivity contribution in [3.63, 3.8) is 0 Å². The molecular weight excluding hydrogens is 244 g/mol. The zero-order chi connectivity index (χ0) is 13.8. The Morgan fingerprint density at radius 3 is 2.79 bits per heavy atom. The van der Waals surface area contributed by atoms with Gasteiger partial charge in [0.15, 0.2) is 5.78 Å². The first-order chi connectivity index (χ1) is 9.08. The standard InChI is InChI=1S/C14H18N2O3/c1-9(17)10-3-2-4-11(7-10)14(19)16-12-5-6-15-8-13(12)18/h2-4,7,12-13,15,18H,5-6,8H2,1H3,(H,16,19)/t12-,13-/m1/s1. The number of β-amino-alcohol motifs (C(OH)–C–C–N with tert-alkyl or cyclic N) is 1. The van der Waals surface area contributed by atoms with Crippen molar-refractivity contribution in [2.75, 3.05) is 13.1 Å². The largest absolute Gasteiger partial charge is 0.390 e. The summed E-state index contributed by atoms with van der Waals surface area (Å²) >= 11 is 0. The molecule has 1 amide bonds. The minimum absolute atomic E-state index is 0.0726. The summed E-state index contributed by atoms with van der Waals surface area (Å²) < 4.78 is 0. The Balaban J connectivity index is 2.07. The molecule has 1 aromatic rings. The normalized spacial score (nSPS) is 22.8. The lowest BCUT2D eigenvalue weighted by atomic mass is 10.0. The number of nitrogens with one attached hydrogen (secondary N) is 2. The summed E-state index contributed by atoms with van der Waals surface area (Å²) in [7, 11) is 0. The molecule has 0 bridgehead atoms. The lowest BCUT2D eigenvalue weighted by Gasteiger charge is -2.29. The van der Waals surface area contributed by atoms with Gasteiger partial charge in [-0.2, -0.15) is 0 Å². The molecule has 0 aliphatic carbocycles. The number of rotatable bonds is 3. The number of ketones is 1. The summed E-state index contributed by atoms with van der Waals surface area (Å²) in [4.78, 5) is 23.4. The first-order valence-electron chi connectivity index (χ1n) is 6.38. The number of amides is 1. The van der Waals surface area contributed by atoms with E-state index in [0.29, 0.717) is 24.1 Å². The van der Waals surface area contributed by atoms with Crippen molar-refractivity contribution < 1.29 is 14.7 Å². The molecule has 2 rings (SSSR count). The molecule has 0 radical (unpaired) electrons. The summed E-state index contributed by atoms with van der Waals surface area (Å²) in [6.45, 7) is 2.72. The minimum Gasteiger partial charge on any atom is -0.390 e. The maximum atomic E-state index is 12.1. The van der Waals surface area contributed by atoms with E-state index >= 15 is 0 Å². The van der Waals surface area contributed by atoms with Crippen molar-refractivity contribution in [1.82, 2.24) is 10.6 Å². The molecule has 3 N–H and O–H groups in total. The second-order valence-corrected chi connectivity index (χ2v) is 4.78. The van der Waals surface area contributed by atoms with Gasteiger partial charge in [0, 0.05) is 17.7 Å². The van der Waals surface area contributed by atoms with Crippen LogP contribution in [0.5, 0.6) is 0 Å². The molecule has 1 aliphatic rings. The number of Topliss-reactive ketones (excluding diaryl/α,β-unsaturated/α-hetero) is 1. The highest BCUT2D eigenvalue weighted by atomic mass is 16.3. The van der Waals surface area contributed by atoms with Gasteiger partial charge < -0.3 is 15.7 Å². The van der Waals surface area contributed by atoms with Gasteiger partial charge in [-0.15, -0.1) is 0 Å². The van der Waals surface area contributed by atoms with Crippen LogP contribution in [0.4, 0.5) is 0 Å². The average molecular weight is 262 g/mol. The van der Waals surface area contributed by atoms with Gasteiger partial charge in [-0.1, -0.05) is 12.1 Å². The fourth-order valence-corrected chi connectivity index (χ4v) is 2.14. The van der Waals surface area contributed by atoms with Gasteiger partial charge in [-0.3, -0.25) is 9.59 Å². The van der Waals surface area contributed by atoms with Gasteiger partial charge in [0.05, 0.1) is 12.1 Å². The van der Waals surface area contributed by atoms with Crippen molar-refractivity contribution in [3.05, 3.63) is 35.4 Å². The van der Waals surface area contributed by atoms with E-state index in [4.69, 9.17) is 0 Å². The van der Waals surface area contributed by atoms with Crippen molar-refractivity contribution in [2.24, 2.45) is 0 Å². The maximum Gasteiger partial charge on any atom is 0.251 e. The molecule has 0 spiro atoms. The minimum atomic E-state index is -0.575. The van der Waals surface area contributed by atoms with Gasteiger partial charge in [0.2, 0.25) is 0 Å². The lowest BCUT2D eigenvalue weighted by molar-refractivity contribution is 0.0765. The fourth-order valence-electron chi connectivity index (χ4n) is 2.14. The number of hydrogen-bond acceptors (Lipinski definition) is 4. The van der Waals surface area contributed by atoms with Crippen LogP contribution < -0.4 is 10.6 Å². The first-order valence-corrected chi connectivity index (χ1v) is 6.38. The van der Waals surface area contributed by atoms with Gasteiger partial charge in [-0.05, 0) is 32.0 Å². The van der Waals surface area contributed by atoms with Crippen LogP contribution >= 0.6 is 0 Å². The molecule has 2 atom stereocenters. The number of carbonyl (C=O) groups excluding carboxylic acids is 2. The summed E-state index contributed by atoms with van der Waals surface area (Å²) in [6, 6.07) is 6.36. The lowest BCUT2D eigenvalue weighted by Crippen LogP contribution is -2.52. The average Bonchev–Trinajstić information content (AvgIpc) is 2.41. The van der Waals surface area contributed by atoms with Crippen molar-refractivity contribution in [3.8, 4) is 0 Å². The Morgan fingerprint density at radius 1 is 1.37 bits per heavy atom. The molecular formula is C14H18N2O3. The Kier molecular flexibility index (Phi) is 4.29. The highest BCUT2D eigenvalue weighted by molar-refractivity contribution is 5.99. The van der Waals surface area contributed by atoms with Crippen LogP contribution in [-0.2, 0) is 0 Å². The zero-order valence-corrected chi connectivity index (χ0v) is 10.8. The predicted molar refractivity (Wildman–Crippen MR) is 71.2 cm³/mol. The third kappa shape index (κ3) is 3.39. The molecule has 0 aromatic heterocycles. The predicted octanol–water partition coefficient (Wildman–Crippen LogP) is 0.342. The van der Waals surface area contributed by atoms with Crippen LogP contribution in [0.25, 0.3) is 0 Å². The fraction of sp³-hybridized carbons (Fsp3) is 0.429.